The first-order valence-electron chi connectivity index (χ1n) is 6.27. The van der Waals surface area contributed by atoms with Crippen molar-refractivity contribution >= 4 is 9.84 Å². The van der Waals surface area contributed by atoms with Crippen LogP contribution < -0.4 is 5.73 Å². The van der Waals surface area contributed by atoms with Crippen LogP contribution in [0.1, 0.15) is 25.7 Å². The highest BCUT2D eigenvalue weighted by Crippen LogP contribution is 2.34. The molecule has 5 heteroatoms. The van der Waals surface area contributed by atoms with Gasteiger partial charge in [-0.25, -0.2) is 8.42 Å². The van der Waals surface area contributed by atoms with E-state index in [1.54, 1.807) is 0 Å². The molecular formula is C11H22N2O2S. The van der Waals surface area contributed by atoms with E-state index in [1.807, 2.05) is 0 Å². The summed E-state index contributed by atoms with van der Waals surface area (Å²) in [6, 6.07) is 0.536. The van der Waals surface area contributed by atoms with Gasteiger partial charge in [0.15, 0.2) is 9.84 Å². The summed E-state index contributed by atoms with van der Waals surface area (Å²) < 4.78 is 22.8. The van der Waals surface area contributed by atoms with Crippen LogP contribution in [0.4, 0.5) is 0 Å². The summed E-state index contributed by atoms with van der Waals surface area (Å²) in [6.07, 6.45) is 4.95. The Labute approximate surface area is 98.1 Å². The molecule has 2 fully saturated rings. The quantitative estimate of drug-likeness (QED) is 0.771. The molecule has 1 aliphatic carbocycles. The zero-order chi connectivity index (χ0) is 11.6. The summed E-state index contributed by atoms with van der Waals surface area (Å²) >= 11 is 0. The molecule has 0 amide bonds. The summed E-state index contributed by atoms with van der Waals surface area (Å²) in [5.41, 5.74) is 5.66. The molecule has 1 heterocycles. The Kier molecular flexibility index (Phi) is 3.87. The zero-order valence-electron chi connectivity index (χ0n) is 9.77. The minimum absolute atomic E-state index is 0.334. The van der Waals surface area contributed by atoms with Gasteiger partial charge in [0.2, 0.25) is 0 Å². The van der Waals surface area contributed by atoms with Gasteiger partial charge in [-0.05, 0) is 31.7 Å². The molecule has 1 saturated carbocycles. The highest BCUT2D eigenvalue weighted by Gasteiger charge is 2.34. The average Bonchev–Trinajstić information content (AvgIpc) is 2.14. The van der Waals surface area contributed by atoms with E-state index >= 15 is 0 Å². The van der Waals surface area contributed by atoms with Crippen LogP contribution in [0.25, 0.3) is 0 Å². The van der Waals surface area contributed by atoms with Crippen molar-refractivity contribution < 1.29 is 8.42 Å². The third kappa shape index (κ3) is 2.76. The van der Waals surface area contributed by atoms with Crippen LogP contribution in [-0.2, 0) is 9.84 Å². The van der Waals surface area contributed by atoms with Crippen molar-refractivity contribution in [2.75, 3.05) is 31.1 Å². The van der Waals surface area contributed by atoms with Crippen molar-refractivity contribution in [1.29, 1.82) is 0 Å². The highest BCUT2D eigenvalue weighted by atomic mass is 32.2. The fraction of sp³-hybridized carbons (Fsp3) is 1.00. The molecule has 0 bridgehead atoms. The normalized spacial score (nSPS) is 28.6. The van der Waals surface area contributed by atoms with Crippen molar-refractivity contribution in [2.45, 2.75) is 31.7 Å². The topological polar surface area (TPSA) is 63.4 Å². The molecule has 94 valence electrons. The third-order valence-electron chi connectivity index (χ3n) is 4.00. The molecule has 1 atom stereocenters. The van der Waals surface area contributed by atoms with Gasteiger partial charge >= 0.3 is 0 Å². The van der Waals surface area contributed by atoms with Gasteiger partial charge in [-0.2, -0.15) is 0 Å². The minimum Gasteiger partial charge on any atom is -0.330 e. The van der Waals surface area contributed by atoms with E-state index < -0.39 is 9.84 Å². The van der Waals surface area contributed by atoms with Gasteiger partial charge in [0, 0.05) is 19.1 Å². The van der Waals surface area contributed by atoms with Gasteiger partial charge < -0.3 is 5.73 Å². The summed E-state index contributed by atoms with van der Waals surface area (Å²) in [7, 11) is -2.75. The van der Waals surface area contributed by atoms with Crippen LogP contribution in [0.2, 0.25) is 0 Å². The summed E-state index contributed by atoms with van der Waals surface area (Å²) in [5, 5.41) is 0. The SMILES string of the molecule is NCCC(C1CCC1)N1CCS(=O)(=O)CC1. The van der Waals surface area contributed by atoms with Crippen LogP contribution in [0, 0.1) is 5.92 Å². The molecule has 4 nitrogen and oxygen atoms in total. The Morgan fingerprint density at radius 3 is 2.31 bits per heavy atom. The van der Waals surface area contributed by atoms with Gasteiger partial charge in [-0.3, -0.25) is 4.90 Å². The van der Waals surface area contributed by atoms with Crippen molar-refractivity contribution in [1.82, 2.24) is 4.90 Å². The number of rotatable bonds is 4. The van der Waals surface area contributed by atoms with E-state index in [0.29, 0.717) is 37.2 Å². The number of hydrogen-bond donors (Lipinski definition) is 1. The number of nitrogens with zero attached hydrogens (tertiary/aromatic N) is 1. The van der Waals surface area contributed by atoms with Crippen LogP contribution in [-0.4, -0.2) is 50.5 Å². The van der Waals surface area contributed by atoms with Gasteiger partial charge in [0.1, 0.15) is 0 Å². The molecule has 2 rings (SSSR count). The van der Waals surface area contributed by atoms with E-state index in [-0.39, 0.29) is 0 Å². The predicted octanol–water partition coefficient (Wildman–Crippen LogP) is 0.234. The van der Waals surface area contributed by atoms with Crippen molar-refractivity contribution in [3.8, 4) is 0 Å². The summed E-state index contributed by atoms with van der Waals surface area (Å²) in [6.45, 7) is 2.14. The Hall–Kier alpha value is -0.130. The van der Waals surface area contributed by atoms with Crippen molar-refractivity contribution in [3.05, 3.63) is 0 Å². The molecule has 0 radical (unpaired) electrons. The third-order valence-corrected chi connectivity index (χ3v) is 5.61. The molecule has 16 heavy (non-hydrogen) atoms. The van der Waals surface area contributed by atoms with Crippen molar-refractivity contribution in [3.63, 3.8) is 0 Å². The molecule has 1 unspecified atom stereocenters. The Balaban J connectivity index is 1.93. The van der Waals surface area contributed by atoms with Gasteiger partial charge in [-0.15, -0.1) is 0 Å². The van der Waals surface area contributed by atoms with Crippen LogP contribution in [0.15, 0.2) is 0 Å². The Morgan fingerprint density at radius 1 is 1.25 bits per heavy atom. The van der Waals surface area contributed by atoms with Crippen LogP contribution >= 0.6 is 0 Å². The molecule has 2 aliphatic rings. The fourth-order valence-electron chi connectivity index (χ4n) is 2.77. The molecule has 0 aromatic heterocycles. The average molecular weight is 246 g/mol. The molecular weight excluding hydrogens is 224 g/mol. The van der Waals surface area contributed by atoms with Crippen molar-refractivity contribution in [2.24, 2.45) is 11.7 Å². The first-order chi connectivity index (χ1) is 7.62. The molecule has 2 N–H and O–H groups in total. The van der Waals surface area contributed by atoms with E-state index in [9.17, 15) is 8.42 Å². The van der Waals surface area contributed by atoms with Crippen LogP contribution in [0.5, 0.6) is 0 Å². The first kappa shape index (κ1) is 12.3. The maximum atomic E-state index is 11.4. The number of sulfone groups is 1. The predicted molar refractivity (Wildman–Crippen MR) is 65.0 cm³/mol. The lowest BCUT2D eigenvalue weighted by Gasteiger charge is -2.42. The highest BCUT2D eigenvalue weighted by molar-refractivity contribution is 7.91. The van der Waals surface area contributed by atoms with E-state index in [4.69, 9.17) is 5.73 Å². The van der Waals surface area contributed by atoms with E-state index in [0.717, 1.165) is 12.3 Å². The van der Waals surface area contributed by atoms with E-state index in [2.05, 4.69) is 4.90 Å². The first-order valence-corrected chi connectivity index (χ1v) is 8.09. The molecule has 1 saturated heterocycles. The smallest absolute Gasteiger partial charge is 0.152 e. The molecule has 1 aliphatic heterocycles. The Bertz CT molecular complexity index is 311. The molecule has 0 aromatic rings. The minimum atomic E-state index is -2.75. The maximum absolute atomic E-state index is 11.4. The molecule has 0 spiro atoms. The number of nitrogens with two attached hydrogens (primary N) is 1. The summed E-state index contributed by atoms with van der Waals surface area (Å²) in [4.78, 5) is 2.36. The van der Waals surface area contributed by atoms with Gasteiger partial charge in [0.05, 0.1) is 11.5 Å². The van der Waals surface area contributed by atoms with Gasteiger partial charge in [-0.1, -0.05) is 6.42 Å². The monoisotopic (exact) mass is 246 g/mol. The lowest BCUT2D eigenvalue weighted by Crippen LogP contribution is -2.50. The largest absolute Gasteiger partial charge is 0.330 e. The maximum Gasteiger partial charge on any atom is 0.152 e. The lowest BCUT2D eigenvalue weighted by atomic mass is 9.78. The standard InChI is InChI=1S/C11H22N2O2S/c12-5-4-11(10-2-1-3-10)13-6-8-16(14,15)9-7-13/h10-11H,1-9,12H2. The number of hydrogen-bond acceptors (Lipinski definition) is 4. The summed E-state index contributed by atoms with van der Waals surface area (Å²) in [5.74, 6) is 1.44. The second kappa shape index (κ2) is 5.02. The Morgan fingerprint density at radius 2 is 1.88 bits per heavy atom. The second-order valence-corrected chi connectivity index (χ2v) is 7.33. The van der Waals surface area contributed by atoms with Gasteiger partial charge in [0.25, 0.3) is 0 Å². The second-order valence-electron chi connectivity index (χ2n) is 5.02. The fourth-order valence-corrected chi connectivity index (χ4v) is 4.00. The van der Waals surface area contributed by atoms with Crippen LogP contribution in [0.3, 0.4) is 0 Å². The van der Waals surface area contributed by atoms with E-state index in [1.165, 1.54) is 19.3 Å². The zero-order valence-corrected chi connectivity index (χ0v) is 10.6. The lowest BCUT2D eigenvalue weighted by molar-refractivity contribution is 0.0976. The molecule has 0 aromatic carbocycles.